The van der Waals surface area contributed by atoms with Crippen molar-refractivity contribution in [2.24, 2.45) is 0 Å². The zero-order valence-corrected chi connectivity index (χ0v) is 19.6. The van der Waals surface area contributed by atoms with E-state index in [2.05, 4.69) is 5.32 Å². The van der Waals surface area contributed by atoms with E-state index in [1.54, 1.807) is 66.7 Å². The Labute approximate surface area is 204 Å². The van der Waals surface area contributed by atoms with Crippen LogP contribution in [0.3, 0.4) is 0 Å². The summed E-state index contributed by atoms with van der Waals surface area (Å²) in [4.78, 5) is 13.3. The van der Waals surface area contributed by atoms with Crippen molar-refractivity contribution in [1.29, 1.82) is 0 Å². The third kappa shape index (κ3) is 6.33. The third-order valence-electron chi connectivity index (χ3n) is 5.40. The van der Waals surface area contributed by atoms with E-state index in [0.29, 0.717) is 11.1 Å². The van der Waals surface area contributed by atoms with Crippen LogP contribution < -0.4 is 10.1 Å². The van der Waals surface area contributed by atoms with Gasteiger partial charge in [0.05, 0.1) is 16.7 Å². The molecule has 4 rings (SSSR count). The van der Waals surface area contributed by atoms with Crippen LogP contribution in [-0.4, -0.2) is 20.9 Å². The Kier molecular flexibility index (Phi) is 7.57. The molecule has 0 aromatic heterocycles. The van der Waals surface area contributed by atoms with E-state index in [0.717, 1.165) is 5.56 Å². The summed E-state index contributed by atoms with van der Waals surface area (Å²) in [5, 5.41) is 2.93. The van der Waals surface area contributed by atoms with E-state index in [1.165, 1.54) is 12.1 Å². The molecule has 0 bridgehead atoms. The van der Waals surface area contributed by atoms with E-state index in [4.69, 9.17) is 4.74 Å². The lowest BCUT2D eigenvalue weighted by Crippen LogP contribution is -2.32. The van der Waals surface area contributed by atoms with Gasteiger partial charge in [-0.25, -0.2) is 12.8 Å². The molecule has 5 nitrogen and oxygen atoms in total. The minimum Gasteiger partial charge on any atom is -0.488 e. The van der Waals surface area contributed by atoms with Gasteiger partial charge in [0.15, 0.2) is 21.4 Å². The van der Waals surface area contributed by atoms with Gasteiger partial charge in [-0.15, -0.1) is 0 Å². The van der Waals surface area contributed by atoms with E-state index >= 15 is 0 Å². The van der Waals surface area contributed by atoms with Crippen LogP contribution in [-0.2, 0) is 15.6 Å². The number of carbonyl (C=O) groups excluding carboxylic acids is 1. The van der Waals surface area contributed by atoms with Gasteiger partial charge in [0.2, 0.25) is 0 Å². The number of sulfone groups is 1. The van der Waals surface area contributed by atoms with Crippen molar-refractivity contribution in [3.8, 4) is 5.75 Å². The number of para-hydroxylation sites is 1. The molecule has 0 spiro atoms. The quantitative estimate of drug-likeness (QED) is 0.344. The van der Waals surface area contributed by atoms with Crippen molar-refractivity contribution >= 4 is 15.7 Å². The predicted molar refractivity (Wildman–Crippen MR) is 132 cm³/mol. The number of hydrogen-bond acceptors (Lipinski definition) is 4. The number of carbonyl (C=O) groups is 1. The molecule has 178 valence electrons. The summed E-state index contributed by atoms with van der Waals surface area (Å²) in [5.74, 6) is -1.01. The topological polar surface area (TPSA) is 72.5 Å². The van der Waals surface area contributed by atoms with Crippen molar-refractivity contribution < 1.29 is 22.3 Å². The van der Waals surface area contributed by atoms with E-state index in [1.807, 2.05) is 30.3 Å². The Balaban J connectivity index is 1.51. The van der Waals surface area contributed by atoms with Gasteiger partial charge in [0, 0.05) is 5.56 Å². The molecule has 4 aromatic rings. The maximum Gasteiger partial charge on any atom is 0.251 e. The summed E-state index contributed by atoms with van der Waals surface area (Å²) >= 11 is 0. The highest BCUT2D eigenvalue weighted by molar-refractivity contribution is 7.90. The van der Waals surface area contributed by atoms with Crippen molar-refractivity contribution in [2.75, 3.05) is 6.61 Å². The maximum absolute atomic E-state index is 14.0. The molecular weight excluding hydrogens is 465 g/mol. The molecule has 0 saturated carbocycles. The molecule has 0 aliphatic heterocycles. The lowest BCUT2D eigenvalue weighted by Gasteiger charge is -2.20. The fourth-order valence-corrected chi connectivity index (χ4v) is 4.97. The highest BCUT2D eigenvalue weighted by atomic mass is 32.2. The minimum atomic E-state index is -3.55. The van der Waals surface area contributed by atoms with Crippen molar-refractivity contribution in [3.63, 3.8) is 0 Å². The van der Waals surface area contributed by atoms with Gasteiger partial charge in [0.1, 0.15) is 6.61 Å². The van der Waals surface area contributed by atoms with Crippen molar-refractivity contribution in [1.82, 2.24) is 5.32 Å². The van der Waals surface area contributed by atoms with Crippen LogP contribution in [0, 0.1) is 5.82 Å². The number of rotatable bonds is 9. The minimum absolute atomic E-state index is 0.0127. The molecule has 7 heteroatoms. The standard InChI is InChI=1S/C28H24FNO4S/c29-25-16-7-8-17-27(25)34-19-26(22-11-3-1-4-12-22)30-28(31)23-13-9-10-21(18-23)20-35(32,33)24-14-5-2-6-15-24/h1-18,26H,19-20H2,(H,30,31). The number of halogens is 1. The first-order chi connectivity index (χ1) is 16.9. The molecule has 1 atom stereocenters. The zero-order valence-electron chi connectivity index (χ0n) is 18.8. The Hall–Kier alpha value is -3.97. The number of amides is 1. The Bertz CT molecular complexity index is 1390. The van der Waals surface area contributed by atoms with Gasteiger partial charge in [-0.05, 0) is 47.5 Å². The van der Waals surface area contributed by atoms with E-state index in [9.17, 15) is 17.6 Å². The SMILES string of the molecule is O=C(NC(COc1ccccc1F)c1ccccc1)c1cccc(CS(=O)(=O)c2ccccc2)c1. The first-order valence-corrected chi connectivity index (χ1v) is 12.7. The summed E-state index contributed by atoms with van der Waals surface area (Å²) in [6, 6.07) is 29.4. The molecule has 1 N–H and O–H groups in total. The molecule has 1 unspecified atom stereocenters. The molecule has 4 aromatic carbocycles. The predicted octanol–water partition coefficient (Wildman–Crippen LogP) is 5.35. The summed E-state index contributed by atoms with van der Waals surface area (Å²) in [6.07, 6.45) is 0. The van der Waals surface area contributed by atoms with Crippen LogP contribution in [0.1, 0.15) is 27.5 Å². The van der Waals surface area contributed by atoms with Crippen LogP contribution in [0.5, 0.6) is 5.75 Å². The summed E-state index contributed by atoms with van der Waals surface area (Å²) < 4.78 is 45.2. The van der Waals surface area contributed by atoms with Gasteiger partial charge >= 0.3 is 0 Å². The second-order valence-corrected chi connectivity index (χ2v) is 9.94. The van der Waals surface area contributed by atoms with Gasteiger partial charge < -0.3 is 10.1 Å². The van der Waals surface area contributed by atoms with Gasteiger partial charge in [-0.1, -0.05) is 72.8 Å². The molecule has 35 heavy (non-hydrogen) atoms. The van der Waals surface area contributed by atoms with Crippen molar-refractivity contribution in [2.45, 2.75) is 16.7 Å². The fourth-order valence-electron chi connectivity index (χ4n) is 3.62. The molecule has 0 saturated heterocycles. The monoisotopic (exact) mass is 489 g/mol. The largest absolute Gasteiger partial charge is 0.488 e. The average Bonchev–Trinajstić information content (AvgIpc) is 2.88. The second-order valence-electron chi connectivity index (χ2n) is 7.95. The summed E-state index contributed by atoms with van der Waals surface area (Å²) in [6.45, 7) is 0.0127. The highest BCUT2D eigenvalue weighted by Gasteiger charge is 2.19. The van der Waals surface area contributed by atoms with Crippen LogP contribution >= 0.6 is 0 Å². The highest BCUT2D eigenvalue weighted by Crippen LogP contribution is 2.21. The fraction of sp³-hybridized carbons (Fsp3) is 0.107. The molecule has 0 radical (unpaired) electrons. The molecule has 1 amide bonds. The first kappa shape index (κ1) is 24.2. The molecule has 0 fully saturated rings. The van der Waals surface area contributed by atoms with Crippen LogP contribution in [0.4, 0.5) is 4.39 Å². The lowest BCUT2D eigenvalue weighted by atomic mass is 10.1. The third-order valence-corrected chi connectivity index (χ3v) is 7.10. The number of nitrogens with one attached hydrogen (secondary N) is 1. The van der Waals surface area contributed by atoms with Crippen LogP contribution in [0.25, 0.3) is 0 Å². The van der Waals surface area contributed by atoms with Gasteiger partial charge in [-0.3, -0.25) is 4.79 Å². The normalized spacial score (nSPS) is 12.0. The second kappa shape index (κ2) is 11.0. The molecule has 0 aliphatic rings. The van der Waals surface area contributed by atoms with Crippen LogP contribution in [0.15, 0.2) is 114 Å². The number of benzene rings is 4. The van der Waals surface area contributed by atoms with Gasteiger partial charge in [0.25, 0.3) is 5.91 Å². The number of ether oxygens (including phenoxy) is 1. The molecule has 0 aliphatic carbocycles. The van der Waals surface area contributed by atoms with Gasteiger partial charge in [-0.2, -0.15) is 0 Å². The number of hydrogen-bond donors (Lipinski definition) is 1. The van der Waals surface area contributed by atoms with E-state index in [-0.39, 0.29) is 23.0 Å². The zero-order chi connectivity index (χ0) is 24.7. The maximum atomic E-state index is 14.0. The Morgan fingerprint density at radius 2 is 1.49 bits per heavy atom. The molecular formula is C28H24FNO4S. The van der Waals surface area contributed by atoms with Crippen molar-refractivity contribution in [3.05, 3.63) is 132 Å². The average molecular weight is 490 g/mol. The summed E-state index contributed by atoms with van der Waals surface area (Å²) in [5.41, 5.74) is 1.61. The Morgan fingerprint density at radius 1 is 0.829 bits per heavy atom. The first-order valence-electron chi connectivity index (χ1n) is 11.0. The lowest BCUT2D eigenvalue weighted by molar-refractivity contribution is 0.0920. The molecule has 0 heterocycles. The Morgan fingerprint density at radius 3 is 2.20 bits per heavy atom. The summed E-state index contributed by atoms with van der Waals surface area (Å²) in [7, 11) is -3.55. The van der Waals surface area contributed by atoms with Crippen LogP contribution in [0.2, 0.25) is 0 Å². The smallest absolute Gasteiger partial charge is 0.251 e. The van der Waals surface area contributed by atoms with E-state index < -0.39 is 27.6 Å².